The molecule has 0 aliphatic carbocycles. The molecular formula is C16H14IN3O. The fraction of sp³-hybridized carbons (Fsp3) is 0.0625. The van der Waals surface area contributed by atoms with E-state index in [0.29, 0.717) is 11.3 Å². The van der Waals surface area contributed by atoms with Crippen LogP contribution in [-0.2, 0) is 4.79 Å². The molecule has 4 nitrogen and oxygen atoms in total. The van der Waals surface area contributed by atoms with Gasteiger partial charge in [0.1, 0.15) is 0 Å². The zero-order valence-electron chi connectivity index (χ0n) is 11.4. The molecule has 2 aromatic carbocycles. The Hall–Kier alpha value is -2.02. The van der Waals surface area contributed by atoms with Gasteiger partial charge in [-0.1, -0.05) is 0 Å². The molecule has 1 aliphatic heterocycles. The number of rotatable bonds is 2. The molecule has 0 spiro atoms. The van der Waals surface area contributed by atoms with E-state index >= 15 is 0 Å². The summed E-state index contributed by atoms with van der Waals surface area (Å²) in [5, 5.41) is 6.13. The molecule has 106 valence electrons. The van der Waals surface area contributed by atoms with Gasteiger partial charge in [-0.3, -0.25) is 4.79 Å². The number of halogens is 1. The third-order valence-electron chi connectivity index (χ3n) is 3.34. The van der Waals surface area contributed by atoms with Crippen LogP contribution >= 0.6 is 22.6 Å². The van der Waals surface area contributed by atoms with Crippen LogP contribution in [0.1, 0.15) is 12.5 Å². The lowest BCUT2D eigenvalue weighted by molar-refractivity contribution is -0.110. The highest BCUT2D eigenvalue weighted by Gasteiger charge is 2.26. The second-order valence-electron chi connectivity index (χ2n) is 4.89. The van der Waals surface area contributed by atoms with E-state index in [4.69, 9.17) is 5.73 Å². The van der Waals surface area contributed by atoms with E-state index in [9.17, 15) is 4.79 Å². The first-order valence-electron chi connectivity index (χ1n) is 6.49. The quantitative estimate of drug-likeness (QED) is 0.416. The van der Waals surface area contributed by atoms with Crippen LogP contribution in [0, 0.1) is 3.57 Å². The minimum absolute atomic E-state index is 0.105. The lowest BCUT2D eigenvalue weighted by atomic mass is 10.0. The monoisotopic (exact) mass is 391 g/mol. The molecule has 0 atom stereocenters. The molecule has 0 aromatic heterocycles. The predicted octanol–water partition coefficient (Wildman–Crippen LogP) is 3.67. The van der Waals surface area contributed by atoms with E-state index in [0.717, 1.165) is 22.6 Å². The third kappa shape index (κ3) is 2.73. The van der Waals surface area contributed by atoms with Crippen LogP contribution in [0.25, 0.3) is 5.57 Å². The topological polar surface area (TPSA) is 67.2 Å². The maximum absolute atomic E-state index is 12.2. The second-order valence-corrected chi connectivity index (χ2v) is 6.14. The minimum Gasteiger partial charge on any atom is -0.399 e. The third-order valence-corrected chi connectivity index (χ3v) is 4.06. The molecule has 3 rings (SSSR count). The van der Waals surface area contributed by atoms with Gasteiger partial charge < -0.3 is 16.4 Å². The van der Waals surface area contributed by atoms with Crippen molar-refractivity contribution in [3.8, 4) is 0 Å². The number of fused-ring (bicyclic) bond motifs is 1. The Morgan fingerprint density at radius 3 is 2.62 bits per heavy atom. The summed E-state index contributed by atoms with van der Waals surface area (Å²) in [5.74, 6) is -0.105. The number of allylic oxidation sites excluding steroid dienone is 1. The number of carbonyl (C=O) groups is 1. The molecule has 21 heavy (non-hydrogen) atoms. The van der Waals surface area contributed by atoms with Gasteiger partial charge in [0, 0.05) is 31.9 Å². The van der Waals surface area contributed by atoms with E-state index in [2.05, 4.69) is 33.2 Å². The summed E-state index contributed by atoms with van der Waals surface area (Å²) >= 11 is 2.26. The van der Waals surface area contributed by atoms with Gasteiger partial charge in [-0.25, -0.2) is 0 Å². The van der Waals surface area contributed by atoms with E-state index in [1.807, 2.05) is 43.3 Å². The summed E-state index contributed by atoms with van der Waals surface area (Å²) in [5.41, 5.74) is 10.5. The summed E-state index contributed by atoms with van der Waals surface area (Å²) in [4.78, 5) is 12.2. The van der Waals surface area contributed by atoms with Crippen molar-refractivity contribution in [3.05, 3.63) is 57.3 Å². The minimum atomic E-state index is -0.105. The molecule has 0 saturated heterocycles. The number of nitrogen functional groups attached to an aromatic ring is 1. The van der Waals surface area contributed by atoms with Gasteiger partial charge in [0.25, 0.3) is 5.91 Å². The van der Waals surface area contributed by atoms with Crippen LogP contribution in [0.2, 0.25) is 0 Å². The number of benzene rings is 2. The van der Waals surface area contributed by atoms with Crippen LogP contribution in [0.5, 0.6) is 0 Å². The van der Waals surface area contributed by atoms with Crippen molar-refractivity contribution < 1.29 is 4.79 Å². The first-order chi connectivity index (χ1) is 10.0. The number of nitrogens with one attached hydrogen (secondary N) is 2. The zero-order valence-corrected chi connectivity index (χ0v) is 13.6. The fourth-order valence-electron chi connectivity index (χ4n) is 2.37. The molecule has 0 bridgehead atoms. The van der Waals surface area contributed by atoms with Crippen molar-refractivity contribution in [1.82, 2.24) is 0 Å². The van der Waals surface area contributed by atoms with Crippen LogP contribution in [-0.4, -0.2) is 5.91 Å². The molecule has 4 N–H and O–H groups in total. The average molecular weight is 391 g/mol. The molecule has 1 amide bonds. The standard InChI is InChI=1S/C16H14IN3O/c1-9(19-12-5-2-10(17)3-6-12)15-13-8-11(18)4-7-14(13)20-16(15)21/h2-8,19H,18H2,1H3,(H,20,21)/b15-9-. The highest BCUT2D eigenvalue weighted by molar-refractivity contribution is 14.1. The van der Waals surface area contributed by atoms with Gasteiger partial charge in [-0.15, -0.1) is 0 Å². The molecule has 1 heterocycles. The normalized spacial score (nSPS) is 15.4. The highest BCUT2D eigenvalue weighted by atomic mass is 127. The molecule has 1 aliphatic rings. The number of nitrogens with two attached hydrogens (primary N) is 1. The summed E-state index contributed by atoms with van der Waals surface area (Å²) in [7, 11) is 0. The van der Waals surface area contributed by atoms with Gasteiger partial charge in [0.2, 0.25) is 0 Å². The molecule has 0 radical (unpaired) electrons. The Labute approximate surface area is 136 Å². The van der Waals surface area contributed by atoms with Gasteiger partial charge in [0.15, 0.2) is 0 Å². The molecule has 5 heteroatoms. The summed E-state index contributed by atoms with van der Waals surface area (Å²) in [6.07, 6.45) is 0. The maximum Gasteiger partial charge on any atom is 0.258 e. The summed E-state index contributed by atoms with van der Waals surface area (Å²) in [6, 6.07) is 13.4. The second kappa shape index (κ2) is 5.40. The van der Waals surface area contributed by atoms with Crippen molar-refractivity contribution in [2.24, 2.45) is 0 Å². The van der Waals surface area contributed by atoms with Gasteiger partial charge >= 0.3 is 0 Å². The smallest absolute Gasteiger partial charge is 0.258 e. The Bertz CT molecular complexity index is 751. The molecule has 2 aromatic rings. The van der Waals surface area contributed by atoms with Gasteiger partial charge in [0.05, 0.1) is 5.57 Å². The first kappa shape index (κ1) is 13.9. The Kier molecular flexibility index (Phi) is 3.59. The average Bonchev–Trinajstić information content (AvgIpc) is 2.76. The van der Waals surface area contributed by atoms with Crippen molar-refractivity contribution in [2.75, 3.05) is 16.4 Å². The van der Waals surface area contributed by atoms with Crippen molar-refractivity contribution in [2.45, 2.75) is 6.92 Å². The van der Waals surface area contributed by atoms with Crippen molar-refractivity contribution >= 4 is 51.1 Å². The van der Waals surface area contributed by atoms with Gasteiger partial charge in [-0.05, 0) is 72.0 Å². The molecule has 0 unspecified atom stereocenters. The molecular weight excluding hydrogens is 377 g/mol. The van der Waals surface area contributed by atoms with Crippen LogP contribution in [0.15, 0.2) is 48.2 Å². The van der Waals surface area contributed by atoms with Crippen LogP contribution in [0.4, 0.5) is 17.1 Å². The van der Waals surface area contributed by atoms with E-state index in [1.54, 1.807) is 6.07 Å². The number of anilines is 3. The van der Waals surface area contributed by atoms with Gasteiger partial charge in [-0.2, -0.15) is 0 Å². The lowest BCUT2D eigenvalue weighted by Crippen LogP contribution is -2.08. The predicted molar refractivity (Wildman–Crippen MR) is 94.9 cm³/mol. The first-order valence-corrected chi connectivity index (χ1v) is 7.57. The number of amides is 1. The van der Waals surface area contributed by atoms with E-state index in [-0.39, 0.29) is 5.91 Å². The zero-order chi connectivity index (χ0) is 15.0. The summed E-state index contributed by atoms with van der Waals surface area (Å²) < 4.78 is 1.17. The SMILES string of the molecule is C/C(Nc1ccc(I)cc1)=C1/C(=O)Nc2ccc(N)cc21. The lowest BCUT2D eigenvalue weighted by Gasteiger charge is -2.10. The van der Waals surface area contributed by atoms with E-state index in [1.165, 1.54) is 3.57 Å². The van der Waals surface area contributed by atoms with E-state index < -0.39 is 0 Å². The Balaban J connectivity index is 2.00. The van der Waals surface area contributed by atoms with Crippen LogP contribution in [0.3, 0.4) is 0 Å². The van der Waals surface area contributed by atoms with Crippen LogP contribution < -0.4 is 16.4 Å². The fourth-order valence-corrected chi connectivity index (χ4v) is 2.73. The summed E-state index contributed by atoms with van der Waals surface area (Å²) in [6.45, 7) is 1.89. The Morgan fingerprint density at radius 1 is 1.19 bits per heavy atom. The van der Waals surface area contributed by atoms with Crippen molar-refractivity contribution in [3.63, 3.8) is 0 Å². The van der Waals surface area contributed by atoms with Crippen molar-refractivity contribution in [1.29, 1.82) is 0 Å². The Morgan fingerprint density at radius 2 is 1.90 bits per heavy atom. The number of hydrogen-bond donors (Lipinski definition) is 3. The molecule has 0 fully saturated rings. The number of hydrogen-bond acceptors (Lipinski definition) is 3. The largest absolute Gasteiger partial charge is 0.399 e. The molecule has 0 saturated carbocycles. The highest BCUT2D eigenvalue weighted by Crippen LogP contribution is 2.35. The number of carbonyl (C=O) groups excluding carboxylic acids is 1. The maximum atomic E-state index is 12.2.